The molecule has 4 nitrogen and oxygen atoms in total. The Morgan fingerprint density at radius 1 is 1.33 bits per heavy atom. The quantitative estimate of drug-likeness (QED) is 0.807. The molecule has 1 aliphatic rings. The maximum absolute atomic E-state index is 11.6. The second kappa shape index (κ2) is 4.21. The number of fused-ring (bicyclic) bond motifs is 1. The van der Waals surface area contributed by atoms with E-state index in [-0.39, 0.29) is 6.04 Å². The van der Waals surface area contributed by atoms with Crippen LogP contribution in [0.2, 0.25) is 0 Å². The Morgan fingerprint density at radius 3 is 2.94 bits per heavy atom. The normalized spacial score (nSPS) is 20.6. The van der Waals surface area contributed by atoms with Crippen LogP contribution in [-0.4, -0.2) is 22.3 Å². The van der Waals surface area contributed by atoms with Crippen molar-refractivity contribution in [2.24, 2.45) is 0 Å². The van der Waals surface area contributed by atoms with Crippen molar-refractivity contribution in [3.8, 4) is 0 Å². The fourth-order valence-electron chi connectivity index (χ4n) is 2.69. The van der Waals surface area contributed by atoms with Crippen molar-refractivity contribution < 1.29 is 4.79 Å². The van der Waals surface area contributed by atoms with Crippen LogP contribution in [0.15, 0.2) is 12.1 Å². The van der Waals surface area contributed by atoms with Crippen molar-refractivity contribution in [2.45, 2.75) is 32.7 Å². The SMILES string of the molecule is Cc1nc2cc(C3CC(=O)CCN3)c(C)cc2[nH]1. The number of hydrogen-bond donors (Lipinski definition) is 2. The highest BCUT2D eigenvalue weighted by molar-refractivity contribution is 5.81. The van der Waals surface area contributed by atoms with Crippen LogP contribution >= 0.6 is 0 Å². The van der Waals surface area contributed by atoms with E-state index in [4.69, 9.17) is 0 Å². The van der Waals surface area contributed by atoms with Gasteiger partial charge in [-0.3, -0.25) is 4.79 Å². The van der Waals surface area contributed by atoms with Gasteiger partial charge in [0.05, 0.1) is 11.0 Å². The fourth-order valence-corrected chi connectivity index (χ4v) is 2.69. The molecule has 0 aliphatic carbocycles. The molecule has 0 bridgehead atoms. The van der Waals surface area contributed by atoms with Crippen LogP contribution in [0, 0.1) is 13.8 Å². The van der Waals surface area contributed by atoms with Crippen LogP contribution in [-0.2, 0) is 4.79 Å². The second-order valence-electron chi connectivity index (χ2n) is 5.05. The predicted molar refractivity (Wildman–Crippen MR) is 70.6 cm³/mol. The minimum Gasteiger partial charge on any atom is -0.342 e. The lowest BCUT2D eigenvalue weighted by atomic mass is 9.93. The van der Waals surface area contributed by atoms with Gasteiger partial charge in [0.15, 0.2) is 0 Å². The molecule has 1 aromatic carbocycles. The summed E-state index contributed by atoms with van der Waals surface area (Å²) >= 11 is 0. The summed E-state index contributed by atoms with van der Waals surface area (Å²) in [6.45, 7) is 4.82. The third kappa shape index (κ3) is 1.93. The first kappa shape index (κ1) is 11.4. The van der Waals surface area contributed by atoms with Gasteiger partial charge >= 0.3 is 0 Å². The van der Waals surface area contributed by atoms with E-state index in [1.807, 2.05) is 6.92 Å². The molecule has 0 radical (unpaired) electrons. The predicted octanol–water partition coefficient (Wildman–Crippen LogP) is 2.17. The van der Waals surface area contributed by atoms with Gasteiger partial charge in [0.2, 0.25) is 0 Å². The highest BCUT2D eigenvalue weighted by atomic mass is 16.1. The zero-order valence-corrected chi connectivity index (χ0v) is 10.7. The molecule has 2 N–H and O–H groups in total. The van der Waals surface area contributed by atoms with Crippen LogP contribution in [0.5, 0.6) is 0 Å². The third-order valence-corrected chi connectivity index (χ3v) is 3.59. The van der Waals surface area contributed by atoms with E-state index in [1.165, 1.54) is 11.1 Å². The van der Waals surface area contributed by atoms with E-state index in [9.17, 15) is 4.79 Å². The molecule has 1 unspecified atom stereocenters. The minimum absolute atomic E-state index is 0.146. The van der Waals surface area contributed by atoms with Crippen LogP contribution in [0.4, 0.5) is 0 Å². The number of aromatic amines is 1. The molecule has 1 fully saturated rings. The first-order chi connectivity index (χ1) is 8.63. The summed E-state index contributed by atoms with van der Waals surface area (Å²) in [5.74, 6) is 1.27. The molecule has 3 rings (SSSR count). The maximum Gasteiger partial charge on any atom is 0.136 e. The lowest BCUT2D eigenvalue weighted by molar-refractivity contribution is -0.120. The van der Waals surface area contributed by atoms with Gasteiger partial charge in [0.25, 0.3) is 0 Å². The van der Waals surface area contributed by atoms with Gasteiger partial charge in [-0.2, -0.15) is 0 Å². The largest absolute Gasteiger partial charge is 0.342 e. The Bertz CT molecular complexity index is 615. The van der Waals surface area contributed by atoms with Crippen molar-refractivity contribution in [2.75, 3.05) is 6.54 Å². The summed E-state index contributed by atoms with van der Waals surface area (Å²) in [5.41, 5.74) is 4.45. The average Bonchev–Trinajstić information content (AvgIpc) is 2.67. The number of H-pyrrole nitrogens is 1. The van der Waals surface area contributed by atoms with Crippen molar-refractivity contribution in [3.05, 3.63) is 29.1 Å². The summed E-state index contributed by atoms with van der Waals surface area (Å²) in [4.78, 5) is 19.3. The van der Waals surface area contributed by atoms with Crippen molar-refractivity contribution in [1.29, 1.82) is 0 Å². The summed E-state index contributed by atoms with van der Waals surface area (Å²) in [7, 11) is 0. The van der Waals surface area contributed by atoms with E-state index in [0.29, 0.717) is 18.6 Å². The Labute approximate surface area is 106 Å². The Kier molecular flexibility index (Phi) is 2.67. The molecule has 2 aromatic rings. The number of nitrogens with one attached hydrogen (secondary N) is 2. The van der Waals surface area contributed by atoms with Crippen molar-refractivity contribution in [3.63, 3.8) is 0 Å². The molecule has 0 spiro atoms. The molecular formula is C14H17N3O. The van der Waals surface area contributed by atoms with Gasteiger partial charge in [-0.25, -0.2) is 4.98 Å². The van der Waals surface area contributed by atoms with Gasteiger partial charge in [0.1, 0.15) is 11.6 Å². The number of aryl methyl sites for hydroxylation is 2. The minimum atomic E-state index is 0.146. The summed E-state index contributed by atoms with van der Waals surface area (Å²) in [6, 6.07) is 4.36. The number of aromatic nitrogens is 2. The molecule has 1 saturated heterocycles. The summed E-state index contributed by atoms with van der Waals surface area (Å²) in [5, 5.41) is 3.42. The molecular weight excluding hydrogens is 226 g/mol. The lowest BCUT2D eigenvalue weighted by Gasteiger charge is -2.24. The average molecular weight is 243 g/mol. The van der Waals surface area contributed by atoms with Crippen LogP contribution in [0.1, 0.15) is 35.8 Å². The number of rotatable bonds is 1. The fraction of sp³-hybridized carbons (Fsp3) is 0.429. The molecule has 0 amide bonds. The van der Waals surface area contributed by atoms with Gasteiger partial charge in [0, 0.05) is 25.4 Å². The Hall–Kier alpha value is -1.68. The van der Waals surface area contributed by atoms with Gasteiger partial charge in [-0.1, -0.05) is 0 Å². The number of nitrogens with zero attached hydrogens (tertiary/aromatic N) is 1. The zero-order chi connectivity index (χ0) is 12.7. The topological polar surface area (TPSA) is 57.8 Å². The number of ketones is 1. The standard InChI is InChI=1S/C14H17N3O/c1-8-5-13-14(17-9(2)16-13)7-11(8)12-6-10(18)3-4-15-12/h5,7,12,15H,3-4,6H2,1-2H3,(H,16,17). The van der Waals surface area contributed by atoms with E-state index in [1.54, 1.807) is 0 Å². The number of imidazole rings is 1. The summed E-state index contributed by atoms with van der Waals surface area (Å²) in [6.07, 6.45) is 1.25. The first-order valence-corrected chi connectivity index (χ1v) is 6.35. The van der Waals surface area contributed by atoms with E-state index >= 15 is 0 Å². The smallest absolute Gasteiger partial charge is 0.136 e. The van der Waals surface area contributed by atoms with Crippen LogP contribution in [0.25, 0.3) is 11.0 Å². The first-order valence-electron chi connectivity index (χ1n) is 6.35. The van der Waals surface area contributed by atoms with Gasteiger partial charge in [-0.15, -0.1) is 0 Å². The number of piperidine rings is 1. The van der Waals surface area contributed by atoms with Crippen molar-refractivity contribution in [1.82, 2.24) is 15.3 Å². The van der Waals surface area contributed by atoms with E-state index in [2.05, 4.69) is 34.3 Å². The number of hydrogen-bond acceptors (Lipinski definition) is 3. The molecule has 4 heteroatoms. The third-order valence-electron chi connectivity index (χ3n) is 3.59. The zero-order valence-electron chi connectivity index (χ0n) is 10.7. The second-order valence-corrected chi connectivity index (χ2v) is 5.05. The van der Waals surface area contributed by atoms with Gasteiger partial charge in [-0.05, 0) is 37.1 Å². The molecule has 94 valence electrons. The molecule has 1 atom stereocenters. The number of Topliss-reactive ketones (excluding diaryl/α,β-unsaturated/α-hetero) is 1. The number of carbonyl (C=O) groups excluding carboxylic acids is 1. The highest BCUT2D eigenvalue weighted by Gasteiger charge is 2.22. The highest BCUT2D eigenvalue weighted by Crippen LogP contribution is 2.27. The van der Waals surface area contributed by atoms with Crippen molar-refractivity contribution >= 4 is 16.8 Å². The Morgan fingerprint density at radius 2 is 2.17 bits per heavy atom. The van der Waals surface area contributed by atoms with Crippen LogP contribution in [0.3, 0.4) is 0 Å². The number of carbonyl (C=O) groups is 1. The summed E-state index contributed by atoms with van der Waals surface area (Å²) < 4.78 is 0. The lowest BCUT2D eigenvalue weighted by Crippen LogP contribution is -2.32. The molecule has 18 heavy (non-hydrogen) atoms. The molecule has 2 heterocycles. The number of benzene rings is 1. The van der Waals surface area contributed by atoms with Crippen LogP contribution < -0.4 is 5.32 Å². The van der Waals surface area contributed by atoms with Gasteiger partial charge < -0.3 is 10.3 Å². The maximum atomic E-state index is 11.6. The Balaban J connectivity index is 2.04. The van der Waals surface area contributed by atoms with E-state index in [0.717, 1.165) is 23.4 Å². The molecule has 1 aromatic heterocycles. The monoisotopic (exact) mass is 243 g/mol. The molecule has 1 aliphatic heterocycles. The molecule has 0 saturated carbocycles. The van der Waals surface area contributed by atoms with E-state index < -0.39 is 0 Å².